The highest BCUT2D eigenvalue weighted by Gasteiger charge is 2.22. The zero-order valence-electron chi connectivity index (χ0n) is 11.2. The van der Waals surface area contributed by atoms with Gasteiger partial charge in [0.25, 0.3) is 0 Å². The van der Waals surface area contributed by atoms with Crippen molar-refractivity contribution in [2.75, 3.05) is 7.11 Å². The van der Waals surface area contributed by atoms with Crippen LogP contribution in [0, 0.1) is 12.7 Å². The van der Waals surface area contributed by atoms with Gasteiger partial charge in [-0.3, -0.25) is 4.68 Å². The molecule has 1 N–H and O–H groups in total. The van der Waals surface area contributed by atoms with E-state index in [1.54, 1.807) is 16.9 Å². The minimum absolute atomic E-state index is 0.374. The van der Waals surface area contributed by atoms with Crippen LogP contribution in [-0.4, -0.2) is 22.0 Å². The van der Waals surface area contributed by atoms with Crippen molar-refractivity contribution in [2.24, 2.45) is 0 Å². The van der Waals surface area contributed by atoms with Crippen LogP contribution in [0.1, 0.15) is 29.8 Å². The Labute approximate surface area is 111 Å². The zero-order valence-corrected chi connectivity index (χ0v) is 11.2. The third-order valence-electron chi connectivity index (χ3n) is 3.16. The molecule has 5 heteroatoms. The van der Waals surface area contributed by atoms with Gasteiger partial charge in [-0.15, -0.1) is 0 Å². The number of aliphatic hydroxyl groups excluding tert-OH is 1. The monoisotopic (exact) mass is 264 g/mol. The lowest BCUT2D eigenvalue weighted by molar-refractivity contribution is 0.201. The largest absolute Gasteiger partial charge is 0.493 e. The average molecular weight is 264 g/mol. The first-order chi connectivity index (χ1) is 9.08. The van der Waals surface area contributed by atoms with Crippen LogP contribution >= 0.6 is 0 Å². The number of aryl methyl sites for hydroxylation is 2. The maximum Gasteiger partial charge on any atom is 0.163 e. The summed E-state index contributed by atoms with van der Waals surface area (Å²) in [6.07, 6.45) is 0.588. The summed E-state index contributed by atoms with van der Waals surface area (Å²) in [7, 11) is 1.52. The summed E-state index contributed by atoms with van der Waals surface area (Å²) in [6.45, 7) is 4.35. The Morgan fingerprint density at radius 3 is 2.84 bits per heavy atom. The lowest BCUT2D eigenvalue weighted by Crippen LogP contribution is -2.11. The molecule has 0 bridgehead atoms. The van der Waals surface area contributed by atoms with E-state index in [1.807, 2.05) is 13.8 Å². The summed E-state index contributed by atoms with van der Waals surface area (Å²) < 4.78 is 20.2. The molecule has 0 aliphatic rings. The van der Waals surface area contributed by atoms with Crippen molar-refractivity contribution >= 4 is 0 Å². The van der Waals surface area contributed by atoms with Gasteiger partial charge in [-0.05, 0) is 37.1 Å². The fraction of sp³-hybridized carbons (Fsp3) is 0.357. The number of benzene rings is 1. The third-order valence-corrected chi connectivity index (χ3v) is 3.16. The van der Waals surface area contributed by atoms with Crippen molar-refractivity contribution in [2.45, 2.75) is 26.5 Å². The van der Waals surface area contributed by atoms with Crippen molar-refractivity contribution < 1.29 is 14.2 Å². The molecular weight excluding hydrogens is 247 g/mol. The molecule has 1 atom stereocenters. The van der Waals surface area contributed by atoms with Gasteiger partial charge in [-0.25, -0.2) is 4.39 Å². The fourth-order valence-corrected chi connectivity index (χ4v) is 2.12. The van der Waals surface area contributed by atoms with Crippen LogP contribution in [0.5, 0.6) is 5.75 Å². The normalized spacial score (nSPS) is 12.5. The number of nitrogens with zero attached hydrogens (tertiary/aromatic N) is 2. The van der Waals surface area contributed by atoms with E-state index in [4.69, 9.17) is 4.74 Å². The first-order valence-electron chi connectivity index (χ1n) is 6.12. The molecule has 19 heavy (non-hydrogen) atoms. The molecule has 1 unspecified atom stereocenters. The predicted octanol–water partition coefficient (Wildman–Crippen LogP) is 2.44. The Balaban J connectivity index is 2.51. The molecule has 4 nitrogen and oxygen atoms in total. The molecule has 0 saturated heterocycles. The Bertz CT molecular complexity index is 559. The van der Waals surface area contributed by atoms with Gasteiger partial charge in [-0.1, -0.05) is 6.07 Å². The van der Waals surface area contributed by atoms with Crippen molar-refractivity contribution in [3.8, 4) is 5.75 Å². The molecule has 1 aromatic carbocycles. The topological polar surface area (TPSA) is 47.3 Å². The number of halogens is 1. The average Bonchev–Trinajstić information content (AvgIpc) is 2.83. The summed E-state index contributed by atoms with van der Waals surface area (Å²) in [5, 5.41) is 14.6. The third kappa shape index (κ3) is 2.46. The second-order valence-corrected chi connectivity index (χ2v) is 4.32. The Kier molecular flexibility index (Phi) is 3.85. The predicted molar refractivity (Wildman–Crippen MR) is 69.7 cm³/mol. The number of methoxy groups -OCH3 is 1. The molecule has 0 fully saturated rings. The van der Waals surface area contributed by atoms with Crippen LogP contribution < -0.4 is 4.74 Å². The van der Waals surface area contributed by atoms with Gasteiger partial charge >= 0.3 is 0 Å². The summed E-state index contributed by atoms with van der Waals surface area (Å²) in [6, 6.07) is 4.36. The van der Waals surface area contributed by atoms with Crippen molar-refractivity contribution in [1.82, 2.24) is 9.78 Å². The van der Waals surface area contributed by atoms with E-state index < -0.39 is 6.10 Å². The van der Waals surface area contributed by atoms with Gasteiger partial charge in [-0.2, -0.15) is 5.10 Å². The molecule has 1 heterocycles. The second kappa shape index (κ2) is 5.40. The molecule has 0 amide bonds. The number of hydrogen-bond donors (Lipinski definition) is 1. The fourth-order valence-electron chi connectivity index (χ4n) is 2.12. The van der Waals surface area contributed by atoms with E-state index >= 15 is 0 Å². The molecule has 2 rings (SSSR count). The van der Waals surface area contributed by atoms with E-state index in [0.29, 0.717) is 23.6 Å². The highest BCUT2D eigenvalue weighted by Crippen LogP contribution is 2.31. The van der Waals surface area contributed by atoms with Crippen LogP contribution in [0.25, 0.3) is 0 Å². The molecule has 2 aromatic rings. The van der Waals surface area contributed by atoms with Gasteiger partial charge in [0.2, 0.25) is 0 Å². The van der Waals surface area contributed by atoms with E-state index in [1.165, 1.54) is 19.2 Å². The molecule has 0 aliphatic heterocycles. The maximum atomic E-state index is 13.3. The van der Waals surface area contributed by atoms with Gasteiger partial charge in [0.1, 0.15) is 17.6 Å². The highest BCUT2D eigenvalue weighted by atomic mass is 19.1. The Morgan fingerprint density at radius 2 is 2.21 bits per heavy atom. The standard InChI is InChI=1S/C14H17FN2O2/c1-4-17-13(12(19-3)8-16-17)14(18)11-7-10(15)6-5-9(11)2/h5-8,14,18H,4H2,1-3H3. The molecule has 1 aromatic heterocycles. The summed E-state index contributed by atoms with van der Waals surface area (Å²) in [5.74, 6) is 0.124. The van der Waals surface area contributed by atoms with Crippen LogP contribution in [-0.2, 0) is 6.54 Å². The molecule has 0 aliphatic carbocycles. The number of ether oxygens (including phenoxy) is 1. The highest BCUT2D eigenvalue weighted by molar-refractivity contribution is 5.38. The molecular formula is C14H17FN2O2. The Hall–Kier alpha value is -1.88. The lowest BCUT2D eigenvalue weighted by Gasteiger charge is -2.16. The first-order valence-corrected chi connectivity index (χ1v) is 6.12. The lowest BCUT2D eigenvalue weighted by atomic mass is 10.0. The molecule has 0 spiro atoms. The van der Waals surface area contributed by atoms with Crippen molar-refractivity contribution in [3.05, 3.63) is 47.0 Å². The summed E-state index contributed by atoms with van der Waals surface area (Å²) in [4.78, 5) is 0. The smallest absolute Gasteiger partial charge is 0.163 e. The van der Waals surface area contributed by atoms with Crippen LogP contribution in [0.15, 0.2) is 24.4 Å². The van der Waals surface area contributed by atoms with Gasteiger partial charge in [0.15, 0.2) is 5.75 Å². The maximum absolute atomic E-state index is 13.3. The van der Waals surface area contributed by atoms with E-state index in [2.05, 4.69) is 5.10 Å². The van der Waals surface area contributed by atoms with Gasteiger partial charge < -0.3 is 9.84 Å². The van der Waals surface area contributed by atoms with Crippen LogP contribution in [0.3, 0.4) is 0 Å². The zero-order chi connectivity index (χ0) is 14.0. The van der Waals surface area contributed by atoms with Gasteiger partial charge in [0.05, 0.1) is 13.3 Å². The van der Waals surface area contributed by atoms with E-state index in [9.17, 15) is 9.50 Å². The second-order valence-electron chi connectivity index (χ2n) is 4.32. The van der Waals surface area contributed by atoms with Crippen LogP contribution in [0.4, 0.5) is 4.39 Å². The van der Waals surface area contributed by atoms with Gasteiger partial charge in [0, 0.05) is 6.54 Å². The number of rotatable bonds is 4. The molecule has 102 valence electrons. The number of aliphatic hydroxyl groups is 1. The first kappa shape index (κ1) is 13.5. The minimum atomic E-state index is -0.965. The quantitative estimate of drug-likeness (QED) is 0.922. The van der Waals surface area contributed by atoms with Crippen LogP contribution in [0.2, 0.25) is 0 Å². The SMILES string of the molecule is CCn1ncc(OC)c1C(O)c1cc(F)ccc1C. The minimum Gasteiger partial charge on any atom is -0.493 e. The number of hydrogen-bond acceptors (Lipinski definition) is 3. The summed E-state index contributed by atoms with van der Waals surface area (Å²) >= 11 is 0. The van der Waals surface area contributed by atoms with E-state index in [-0.39, 0.29) is 5.82 Å². The van der Waals surface area contributed by atoms with Crippen molar-refractivity contribution in [3.63, 3.8) is 0 Å². The summed E-state index contributed by atoms with van der Waals surface area (Å²) in [5.41, 5.74) is 1.88. The van der Waals surface area contributed by atoms with Crippen molar-refractivity contribution in [1.29, 1.82) is 0 Å². The number of aromatic nitrogens is 2. The molecule has 0 saturated carbocycles. The van der Waals surface area contributed by atoms with E-state index in [0.717, 1.165) is 5.56 Å². The Morgan fingerprint density at radius 1 is 1.47 bits per heavy atom. The molecule has 0 radical (unpaired) electrons.